The highest BCUT2D eigenvalue weighted by Crippen LogP contribution is 2.31. The van der Waals surface area contributed by atoms with Crippen LogP contribution in [-0.2, 0) is 4.79 Å². The third-order valence-corrected chi connectivity index (χ3v) is 5.07. The summed E-state index contributed by atoms with van der Waals surface area (Å²) in [6.07, 6.45) is 5.23. The molecule has 0 fully saturated rings. The molecule has 1 atom stereocenters. The SMILES string of the molecule is CCC(C(N)=O)n1ncc2nccc(Nc3cc(-c4cc(F)ccc4F)ncc3C)c21. The van der Waals surface area contributed by atoms with E-state index in [0.717, 1.165) is 23.8 Å². The fourth-order valence-corrected chi connectivity index (χ4v) is 3.46. The van der Waals surface area contributed by atoms with Gasteiger partial charge in [-0.1, -0.05) is 6.92 Å². The molecule has 0 spiro atoms. The van der Waals surface area contributed by atoms with Gasteiger partial charge in [0.15, 0.2) is 0 Å². The van der Waals surface area contributed by atoms with E-state index < -0.39 is 23.6 Å². The maximum atomic E-state index is 14.2. The lowest BCUT2D eigenvalue weighted by molar-refractivity contribution is -0.121. The van der Waals surface area contributed by atoms with E-state index in [1.807, 2.05) is 13.8 Å². The number of aryl methyl sites for hydroxylation is 1. The summed E-state index contributed by atoms with van der Waals surface area (Å²) in [6, 6.07) is 6.00. The number of carbonyl (C=O) groups excluding carboxylic acids is 1. The van der Waals surface area contributed by atoms with Gasteiger partial charge in [-0.2, -0.15) is 5.10 Å². The number of amides is 1. The first kappa shape index (κ1) is 20.4. The summed E-state index contributed by atoms with van der Waals surface area (Å²) in [5, 5.41) is 7.60. The smallest absolute Gasteiger partial charge is 0.242 e. The van der Waals surface area contributed by atoms with Crippen LogP contribution in [0.2, 0.25) is 0 Å². The molecule has 4 aromatic rings. The van der Waals surface area contributed by atoms with Crippen LogP contribution < -0.4 is 11.1 Å². The van der Waals surface area contributed by atoms with Crippen LogP contribution >= 0.6 is 0 Å². The van der Waals surface area contributed by atoms with Gasteiger partial charge >= 0.3 is 0 Å². The number of hydrogen-bond acceptors (Lipinski definition) is 5. The van der Waals surface area contributed by atoms with Gasteiger partial charge in [0, 0.05) is 23.6 Å². The Kier molecular flexibility index (Phi) is 5.33. The van der Waals surface area contributed by atoms with Gasteiger partial charge in [0.2, 0.25) is 5.91 Å². The van der Waals surface area contributed by atoms with Crippen molar-refractivity contribution in [3.8, 4) is 11.3 Å². The first-order chi connectivity index (χ1) is 14.9. The number of nitrogens with zero attached hydrogens (tertiary/aromatic N) is 4. The Hall–Kier alpha value is -3.88. The Morgan fingerprint density at radius 1 is 1.16 bits per heavy atom. The quantitative estimate of drug-likeness (QED) is 0.484. The minimum atomic E-state index is -0.627. The van der Waals surface area contributed by atoms with E-state index in [2.05, 4.69) is 20.4 Å². The number of nitrogens with two attached hydrogens (primary N) is 1. The summed E-state index contributed by atoms with van der Waals surface area (Å²) in [7, 11) is 0. The van der Waals surface area contributed by atoms with Crippen molar-refractivity contribution in [2.75, 3.05) is 5.32 Å². The van der Waals surface area contributed by atoms with E-state index in [-0.39, 0.29) is 11.3 Å². The molecule has 0 bridgehead atoms. The summed E-state index contributed by atoms with van der Waals surface area (Å²) >= 11 is 0. The summed E-state index contributed by atoms with van der Waals surface area (Å²) in [5.41, 5.74) is 9.17. The number of benzene rings is 1. The molecule has 0 aliphatic heterocycles. The van der Waals surface area contributed by atoms with E-state index in [1.165, 1.54) is 0 Å². The van der Waals surface area contributed by atoms with Crippen molar-refractivity contribution in [3.05, 3.63) is 66.1 Å². The number of hydrogen-bond donors (Lipinski definition) is 2. The molecule has 31 heavy (non-hydrogen) atoms. The lowest BCUT2D eigenvalue weighted by atomic mass is 10.1. The number of primary amides is 1. The van der Waals surface area contributed by atoms with E-state index in [4.69, 9.17) is 5.73 Å². The van der Waals surface area contributed by atoms with Crippen molar-refractivity contribution in [1.82, 2.24) is 19.7 Å². The van der Waals surface area contributed by atoms with Gasteiger partial charge < -0.3 is 11.1 Å². The normalized spacial score (nSPS) is 12.1. The summed E-state index contributed by atoms with van der Waals surface area (Å²) in [5.74, 6) is -1.61. The molecule has 3 N–H and O–H groups in total. The highest BCUT2D eigenvalue weighted by atomic mass is 19.1. The number of aromatic nitrogens is 4. The molecule has 0 aliphatic carbocycles. The van der Waals surface area contributed by atoms with Gasteiger partial charge in [-0.3, -0.25) is 14.8 Å². The Morgan fingerprint density at radius 3 is 2.71 bits per heavy atom. The fraction of sp³-hybridized carbons (Fsp3) is 0.182. The van der Waals surface area contributed by atoms with Gasteiger partial charge in [0.25, 0.3) is 0 Å². The predicted molar refractivity (Wildman–Crippen MR) is 114 cm³/mol. The van der Waals surface area contributed by atoms with Gasteiger partial charge in [0.1, 0.15) is 28.7 Å². The second-order valence-corrected chi connectivity index (χ2v) is 7.14. The molecule has 1 amide bonds. The van der Waals surface area contributed by atoms with Crippen LogP contribution in [-0.4, -0.2) is 25.7 Å². The molecule has 158 valence electrons. The van der Waals surface area contributed by atoms with Crippen LogP contribution in [0, 0.1) is 18.6 Å². The molecule has 0 saturated carbocycles. The molecule has 0 radical (unpaired) electrons. The Morgan fingerprint density at radius 2 is 1.97 bits per heavy atom. The molecular formula is C22H20F2N6O. The molecule has 7 nitrogen and oxygen atoms in total. The van der Waals surface area contributed by atoms with E-state index in [0.29, 0.717) is 28.8 Å². The lowest BCUT2D eigenvalue weighted by Crippen LogP contribution is -2.26. The number of carbonyl (C=O) groups is 1. The fourth-order valence-electron chi connectivity index (χ4n) is 3.46. The highest BCUT2D eigenvalue weighted by Gasteiger charge is 2.21. The number of nitrogens with one attached hydrogen (secondary N) is 1. The van der Waals surface area contributed by atoms with Gasteiger partial charge in [-0.05, 0) is 49.2 Å². The van der Waals surface area contributed by atoms with Crippen molar-refractivity contribution in [2.45, 2.75) is 26.3 Å². The van der Waals surface area contributed by atoms with Crippen molar-refractivity contribution in [1.29, 1.82) is 0 Å². The van der Waals surface area contributed by atoms with E-state index in [1.54, 1.807) is 35.4 Å². The standard InChI is InChI=1S/C22H20F2N6O/c1-3-20(22(25)31)30-21-16(6-7-26-19(21)11-28-30)29-17-9-18(27-10-12(17)2)14-8-13(23)4-5-15(14)24/h4-11,20H,3H2,1-2H3,(H2,25,31)(H,26,27,29). The maximum Gasteiger partial charge on any atom is 0.242 e. The Bertz CT molecular complexity index is 1290. The van der Waals surface area contributed by atoms with Crippen molar-refractivity contribution in [2.24, 2.45) is 5.73 Å². The van der Waals surface area contributed by atoms with Crippen LogP contribution in [0.1, 0.15) is 24.9 Å². The monoisotopic (exact) mass is 422 g/mol. The molecule has 3 aromatic heterocycles. The molecule has 0 aliphatic rings. The first-order valence-corrected chi connectivity index (χ1v) is 9.69. The first-order valence-electron chi connectivity index (χ1n) is 9.69. The number of anilines is 2. The second kappa shape index (κ2) is 8.10. The summed E-state index contributed by atoms with van der Waals surface area (Å²) in [4.78, 5) is 20.5. The van der Waals surface area contributed by atoms with Crippen molar-refractivity contribution in [3.63, 3.8) is 0 Å². The minimum Gasteiger partial charge on any atom is -0.368 e. The molecule has 1 aromatic carbocycles. The van der Waals surface area contributed by atoms with Crippen molar-refractivity contribution >= 4 is 28.3 Å². The van der Waals surface area contributed by atoms with Gasteiger partial charge in [-0.25, -0.2) is 13.5 Å². The zero-order valence-corrected chi connectivity index (χ0v) is 16.9. The van der Waals surface area contributed by atoms with Gasteiger partial charge in [-0.15, -0.1) is 0 Å². The van der Waals surface area contributed by atoms with E-state index in [9.17, 15) is 13.6 Å². The van der Waals surface area contributed by atoms with Crippen LogP contribution in [0.4, 0.5) is 20.2 Å². The zero-order chi connectivity index (χ0) is 22.1. The van der Waals surface area contributed by atoms with Crippen LogP contribution in [0.25, 0.3) is 22.3 Å². The number of pyridine rings is 2. The predicted octanol–water partition coefficient (Wildman–Crippen LogP) is 4.26. The third kappa shape index (κ3) is 3.81. The van der Waals surface area contributed by atoms with Crippen LogP contribution in [0.5, 0.6) is 0 Å². The molecule has 3 heterocycles. The summed E-state index contributed by atoms with van der Waals surface area (Å²) in [6.45, 7) is 3.69. The van der Waals surface area contributed by atoms with Crippen LogP contribution in [0.15, 0.2) is 48.9 Å². The average Bonchev–Trinajstić information content (AvgIpc) is 3.17. The summed E-state index contributed by atoms with van der Waals surface area (Å²) < 4.78 is 29.5. The zero-order valence-electron chi connectivity index (χ0n) is 16.9. The number of rotatable bonds is 6. The third-order valence-electron chi connectivity index (χ3n) is 5.07. The molecule has 0 saturated heterocycles. The highest BCUT2D eigenvalue weighted by molar-refractivity contribution is 5.92. The van der Waals surface area contributed by atoms with E-state index >= 15 is 0 Å². The Labute approximate surface area is 176 Å². The lowest BCUT2D eigenvalue weighted by Gasteiger charge is -2.16. The second-order valence-electron chi connectivity index (χ2n) is 7.14. The van der Waals surface area contributed by atoms with Crippen molar-refractivity contribution < 1.29 is 13.6 Å². The molecule has 1 unspecified atom stereocenters. The Balaban J connectivity index is 1.80. The minimum absolute atomic E-state index is 0.0627. The van der Waals surface area contributed by atoms with Crippen LogP contribution in [0.3, 0.4) is 0 Å². The maximum absolute atomic E-state index is 14.2. The topological polar surface area (TPSA) is 98.7 Å². The molecule has 4 rings (SSSR count). The number of halogens is 2. The molecular weight excluding hydrogens is 402 g/mol. The van der Waals surface area contributed by atoms with Gasteiger partial charge in [0.05, 0.1) is 17.6 Å². The number of fused-ring (bicyclic) bond motifs is 1. The largest absolute Gasteiger partial charge is 0.368 e. The average molecular weight is 422 g/mol. The molecule has 9 heteroatoms.